The van der Waals surface area contributed by atoms with Gasteiger partial charge in [0.2, 0.25) is 0 Å². The number of likely N-dealkylation sites (N-methyl/N-ethyl adjacent to an activating group) is 1. The van der Waals surface area contributed by atoms with Gasteiger partial charge in [-0.1, -0.05) is 0 Å². The van der Waals surface area contributed by atoms with E-state index >= 15 is 0 Å². The van der Waals surface area contributed by atoms with Crippen molar-refractivity contribution in [1.82, 2.24) is 0 Å². The molecule has 78 valence electrons. The molecule has 0 aromatic carbocycles. The zero-order valence-corrected chi connectivity index (χ0v) is 8.36. The lowest BCUT2D eigenvalue weighted by Gasteiger charge is -2.23. The van der Waals surface area contributed by atoms with Crippen LogP contribution >= 0.6 is 0 Å². The largest absolute Gasteiger partial charge is 0.544 e. The summed E-state index contributed by atoms with van der Waals surface area (Å²) in [5.74, 6) is 2.85. The summed E-state index contributed by atoms with van der Waals surface area (Å²) in [6.07, 6.45) is 0. The van der Waals surface area contributed by atoms with Crippen LogP contribution < -0.4 is 11.0 Å². The maximum atomic E-state index is 9.89. The maximum Gasteiger partial charge on any atom is 0.321 e. The van der Waals surface area contributed by atoms with Crippen molar-refractivity contribution >= 4 is 11.9 Å². The molecule has 0 rings (SSSR count). The number of carbonyl (C=O) groups is 2. The van der Waals surface area contributed by atoms with E-state index in [9.17, 15) is 14.7 Å². The number of nitrogens with zero attached hydrogens (tertiary/aromatic N) is 1. The summed E-state index contributed by atoms with van der Waals surface area (Å²) in [5, 5.41) is 9.89. The van der Waals surface area contributed by atoms with Crippen LogP contribution in [0.25, 0.3) is 0 Å². The number of quaternary nitrogens is 1. The van der Waals surface area contributed by atoms with Crippen molar-refractivity contribution < 1.29 is 24.0 Å². The number of carboxylic acids is 1. The van der Waals surface area contributed by atoms with Crippen LogP contribution in [0.4, 0.5) is 0 Å². The summed E-state index contributed by atoms with van der Waals surface area (Å²) in [6.45, 7) is 1.31. The lowest BCUT2D eigenvalue weighted by Crippen LogP contribution is -2.45. The van der Waals surface area contributed by atoms with E-state index in [4.69, 9.17) is 0 Å². The SMILES string of the molecule is CC(=O)ON.C[N+](C)(C)CC(=O)[O-]. The minimum Gasteiger partial charge on any atom is -0.544 e. The standard InChI is InChI=1S/C5H11NO2.C2H5NO2/c1-6(2,3)4-5(7)8;1-2(4)5-3/h4H2,1-3H3;3H2,1H3. The van der Waals surface area contributed by atoms with Gasteiger partial charge in [0.15, 0.2) is 0 Å². The van der Waals surface area contributed by atoms with Gasteiger partial charge in [-0.05, 0) is 0 Å². The minimum absolute atomic E-state index is 0.0694. The van der Waals surface area contributed by atoms with Crippen LogP contribution in [0.5, 0.6) is 0 Å². The second kappa shape index (κ2) is 6.38. The monoisotopic (exact) mass is 192 g/mol. The van der Waals surface area contributed by atoms with Gasteiger partial charge in [0.1, 0.15) is 6.54 Å². The molecule has 13 heavy (non-hydrogen) atoms. The number of rotatable bonds is 2. The average Bonchev–Trinajstić information content (AvgIpc) is 1.83. The molecule has 0 amide bonds. The molecule has 0 fully saturated rings. The molecule has 0 saturated carbocycles. The molecule has 0 aromatic rings. The molecule has 0 aliphatic heterocycles. The Labute approximate surface area is 77.4 Å². The molecule has 2 N–H and O–H groups in total. The number of carbonyl (C=O) groups excluding carboxylic acids is 2. The summed E-state index contributed by atoms with van der Waals surface area (Å²) >= 11 is 0. The van der Waals surface area contributed by atoms with Gasteiger partial charge in [-0.25, -0.2) is 0 Å². The molecule has 6 heteroatoms. The Morgan fingerprint density at radius 3 is 1.69 bits per heavy atom. The Morgan fingerprint density at radius 1 is 1.38 bits per heavy atom. The Kier molecular flexibility index (Phi) is 7.07. The Balaban J connectivity index is 0. The normalized spacial score (nSPS) is 9.62. The molecule has 0 heterocycles. The van der Waals surface area contributed by atoms with Crippen molar-refractivity contribution in [2.75, 3.05) is 27.7 Å². The van der Waals surface area contributed by atoms with E-state index in [1.54, 1.807) is 21.1 Å². The molecular weight excluding hydrogens is 176 g/mol. The average molecular weight is 192 g/mol. The van der Waals surface area contributed by atoms with Crippen molar-refractivity contribution in [3.63, 3.8) is 0 Å². The highest BCUT2D eigenvalue weighted by molar-refractivity contribution is 5.65. The van der Waals surface area contributed by atoms with Gasteiger partial charge in [-0.2, -0.15) is 5.90 Å². The van der Waals surface area contributed by atoms with Gasteiger partial charge in [0.05, 0.1) is 27.1 Å². The van der Waals surface area contributed by atoms with E-state index < -0.39 is 11.9 Å². The van der Waals surface area contributed by atoms with Gasteiger partial charge < -0.3 is 19.2 Å². The van der Waals surface area contributed by atoms with Crippen LogP contribution in [0.1, 0.15) is 6.92 Å². The van der Waals surface area contributed by atoms with Gasteiger partial charge in [-0.15, -0.1) is 0 Å². The lowest BCUT2D eigenvalue weighted by molar-refractivity contribution is -0.864. The third-order valence-corrected chi connectivity index (χ3v) is 0.769. The molecule has 0 unspecified atom stereocenters. The molecule has 6 nitrogen and oxygen atoms in total. The smallest absolute Gasteiger partial charge is 0.321 e. The number of nitrogens with two attached hydrogens (primary N) is 1. The van der Waals surface area contributed by atoms with Gasteiger partial charge >= 0.3 is 5.97 Å². The van der Waals surface area contributed by atoms with E-state index in [1.165, 1.54) is 6.92 Å². The zero-order chi connectivity index (χ0) is 11.1. The minimum atomic E-state index is -1.00. The fraction of sp³-hybridized carbons (Fsp3) is 0.714. The Hall–Kier alpha value is -1.14. The van der Waals surface area contributed by atoms with Crippen molar-refractivity contribution in [2.45, 2.75) is 6.92 Å². The summed E-state index contributed by atoms with van der Waals surface area (Å²) in [7, 11) is 5.40. The van der Waals surface area contributed by atoms with Crippen molar-refractivity contribution in [3.05, 3.63) is 0 Å². The van der Waals surface area contributed by atoms with Gasteiger partial charge in [-0.3, -0.25) is 4.79 Å². The van der Waals surface area contributed by atoms with Crippen LogP contribution in [-0.2, 0) is 14.4 Å². The second-order valence-electron chi connectivity index (χ2n) is 3.43. The molecule has 0 aliphatic carbocycles. The number of hydrogen-bond acceptors (Lipinski definition) is 5. The lowest BCUT2D eigenvalue weighted by atomic mass is 10.5. The van der Waals surface area contributed by atoms with E-state index in [-0.39, 0.29) is 6.54 Å². The van der Waals surface area contributed by atoms with Crippen LogP contribution in [0.2, 0.25) is 0 Å². The quantitative estimate of drug-likeness (QED) is 0.398. The fourth-order valence-electron chi connectivity index (χ4n) is 0.387. The molecule has 0 radical (unpaired) electrons. The Morgan fingerprint density at radius 2 is 1.69 bits per heavy atom. The predicted molar refractivity (Wildman–Crippen MR) is 43.9 cm³/mol. The summed E-state index contributed by atoms with van der Waals surface area (Å²) in [5.41, 5.74) is 0. The molecule has 0 atom stereocenters. The highest BCUT2D eigenvalue weighted by atomic mass is 16.7. The first-order valence-electron chi connectivity index (χ1n) is 3.56. The van der Waals surface area contributed by atoms with Crippen LogP contribution in [0.3, 0.4) is 0 Å². The zero-order valence-electron chi connectivity index (χ0n) is 8.36. The second-order valence-corrected chi connectivity index (χ2v) is 3.43. The number of aliphatic carboxylic acids is 1. The highest BCUT2D eigenvalue weighted by Gasteiger charge is 2.04. The summed E-state index contributed by atoms with van der Waals surface area (Å²) in [6, 6.07) is 0. The predicted octanol–water partition coefficient (Wildman–Crippen LogP) is -2.13. The topological polar surface area (TPSA) is 92.5 Å². The van der Waals surface area contributed by atoms with E-state index in [0.29, 0.717) is 4.48 Å². The van der Waals surface area contributed by atoms with Crippen LogP contribution in [0.15, 0.2) is 0 Å². The first-order valence-corrected chi connectivity index (χ1v) is 3.56. The fourth-order valence-corrected chi connectivity index (χ4v) is 0.387. The molecule has 0 aromatic heterocycles. The highest BCUT2D eigenvalue weighted by Crippen LogP contribution is 1.84. The first-order chi connectivity index (χ1) is 5.69. The third kappa shape index (κ3) is 24.8. The summed E-state index contributed by atoms with van der Waals surface area (Å²) < 4.78 is 0.419. The molecule has 0 spiro atoms. The number of carboxylic acid groups (broad SMARTS) is 1. The summed E-state index contributed by atoms with van der Waals surface area (Å²) in [4.78, 5) is 23.0. The Bertz CT molecular complexity index is 174. The van der Waals surface area contributed by atoms with Crippen molar-refractivity contribution in [2.24, 2.45) is 5.90 Å². The number of hydrogen-bond donors (Lipinski definition) is 1. The molecular formula is C7H16N2O4. The van der Waals surface area contributed by atoms with Crippen LogP contribution in [-0.4, -0.2) is 44.1 Å². The van der Waals surface area contributed by atoms with E-state index in [1.807, 2.05) is 0 Å². The van der Waals surface area contributed by atoms with Gasteiger partial charge in [0, 0.05) is 6.92 Å². The van der Waals surface area contributed by atoms with Crippen molar-refractivity contribution in [3.8, 4) is 0 Å². The van der Waals surface area contributed by atoms with Crippen molar-refractivity contribution in [1.29, 1.82) is 0 Å². The molecule has 0 saturated heterocycles. The molecule has 0 bridgehead atoms. The first kappa shape index (κ1) is 14.4. The third-order valence-electron chi connectivity index (χ3n) is 0.769. The van der Waals surface area contributed by atoms with E-state index in [2.05, 4.69) is 10.7 Å². The van der Waals surface area contributed by atoms with E-state index in [0.717, 1.165) is 0 Å². The molecule has 0 aliphatic rings. The van der Waals surface area contributed by atoms with Crippen LogP contribution in [0, 0.1) is 0 Å². The maximum absolute atomic E-state index is 9.89. The van der Waals surface area contributed by atoms with Gasteiger partial charge in [0.25, 0.3) is 0 Å².